The van der Waals surface area contributed by atoms with Gasteiger partial charge in [-0.3, -0.25) is 4.79 Å². The normalized spacial score (nSPS) is 10.6. The Morgan fingerprint density at radius 1 is 1.35 bits per heavy atom. The number of nitrogens with zero attached hydrogens (tertiary/aromatic N) is 1. The van der Waals surface area contributed by atoms with Crippen molar-refractivity contribution in [2.75, 3.05) is 12.8 Å². The molecule has 0 bridgehead atoms. The van der Waals surface area contributed by atoms with Gasteiger partial charge in [0.25, 0.3) is 0 Å². The van der Waals surface area contributed by atoms with E-state index >= 15 is 0 Å². The third-order valence-corrected chi connectivity index (χ3v) is 3.08. The fourth-order valence-electron chi connectivity index (χ4n) is 1.99. The van der Waals surface area contributed by atoms with E-state index in [1.807, 2.05) is 31.3 Å². The molecule has 0 aliphatic heterocycles. The van der Waals surface area contributed by atoms with Gasteiger partial charge in [0.05, 0.1) is 0 Å². The van der Waals surface area contributed by atoms with E-state index in [1.165, 1.54) is 0 Å². The number of carbonyl (C=O) groups excluding carboxylic acids is 1. The average Bonchev–Trinajstić information content (AvgIpc) is 2.30. The number of carbonyl (C=O) groups is 1. The lowest BCUT2D eigenvalue weighted by Gasteiger charge is -2.22. The van der Waals surface area contributed by atoms with Crippen LogP contribution in [0.3, 0.4) is 0 Å². The number of amides is 1. The van der Waals surface area contributed by atoms with Crippen molar-refractivity contribution in [3.8, 4) is 0 Å². The van der Waals surface area contributed by atoms with Crippen LogP contribution in [0.25, 0.3) is 0 Å². The van der Waals surface area contributed by atoms with Crippen molar-refractivity contribution in [1.29, 1.82) is 0 Å². The van der Waals surface area contributed by atoms with E-state index in [-0.39, 0.29) is 11.8 Å². The van der Waals surface area contributed by atoms with Gasteiger partial charge in [0.1, 0.15) is 0 Å². The molecule has 0 aliphatic carbocycles. The molecule has 3 nitrogen and oxygen atoms in total. The minimum absolute atomic E-state index is 0.140. The van der Waals surface area contributed by atoms with Crippen LogP contribution < -0.4 is 5.73 Å². The molecule has 0 aromatic heterocycles. The molecule has 0 atom stereocenters. The van der Waals surface area contributed by atoms with Crippen molar-refractivity contribution in [2.24, 2.45) is 5.92 Å². The zero-order valence-corrected chi connectivity index (χ0v) is 10.9. The molecule has 0 radical (unpaired) electrons. The molecule has 1 amide bonds. The number of rotatable bonds is 5. The standard InChI is InChI=1S/C14H22N2O/c1-4-12(5-2)14(17)16(3)10-11-7-6-8-13(15)9-11/h6-9,12H,4-5,10,15H2,1-3H3. The van der Waals surface area contributed by atoms with Crippen molar-refractivity contribution in [2.45, 2.75) is 33.2 Å². The Bertz CT molecular complexity index is 372. The molecule has 0 aliphatic rings. The van der Waals surface area contributed by atoms with Crippen LogP contribution in [0.1, 0.15) is 32.3 Å². The molecule has 0 saturated heterocycles. The summed E-state index contributed by atoms with van der Waals surface area (Å²) in [4.78, 5) is 13.9. The molecule has 0 unspecified atom stereocenters. The van der Waals surface area contributed by atoms with Crippen LogP contribution in [-0.2, 0) is 11.3 Å². The number of nitrogens with two attached hydrogens (primary N) is 1. The van der Waals surface area contributed by atoms with Gasteiger partial charge in [-0.15, -0.1) is 0 Å². The maximum atomic E-state index is 12.1. The molecular weight excluding hydrogens is 212 g/mol. The van der Waals surface area contributed by atoms with Gasteiger partial charge in [-0.1, -0.05) is 26.0 Å². The Morgan fingerprint density at radius 3 is 2.53 bits per heavy atom. The van der Waals surface area contributed by atoms with Crippen molar-refractivity contribution < 1.29 is 4.79 Å². The molecule has 2 N–H and O–H groups in total. The van der Waals surface area contributed by atoms with Gasteiger partial charge < -0.3 is 10.6 Å². The third-order valence-electron chi connectivity index (χ3n) is 3.08. The van der Waals surface area contributed by atoms with Crippen molar-refractivity contribution in [3.63, 3.8) is 0 Å². The summed E-state index contributed by atoms with van der Waals surface area (Å²) in [6, 6.07) is 7.68. The summed E-state index contributed by atoms with van der Waals surface area (Å²) in [5.74, 6) is 0.360. The van der Waals surface area contributed by atoms with Gasteiger partial charge >= 0.3 is 0 Å². The van der Waals surface area contributed by atoms with Crippen LogP contribution in [0.15, 0.2) is 24.3 Å². The first-order valence-corrected chi connectivity index (χ1v) is 6.17. The van der Waals surface area contributed by atoms with E-state index in [4.69, 9.17) is 5.73 Å². The number of anilines is 1. The lowest BCUT2D eigenvalue weighted by molar-refractivity contribution is -0.134. The van der Waals surface area contributed by atoms with Crippen LogP contribution in [0, 0.1) is 5.92 Å². The second-order valence-corrected chi connectivity index (χ2v) is 4.45. The molecule has 1 aromatic carbocycles. The Hall–Kier alpha value is -1.51. The highest BCUT2D eigenvalue weighted by Crippen LogP contribution is 2.14. The second kappa shape index (κ2) is 6.28. The summed E-state index contributed by atoms with van der Waals surface area (Å²) >= 11 is 0. The van der Waals surface area contributed by atoms with Gasteiger partial charge in [0.2, 0.25) is 5.91 Å². The summed E-state index contributed by atoms with van der Waals surface area (Å²) in [5.41, 5.74) is 7.54. The first-order chi connectivity index (χ1) is 8.08. The lowest BCUT2D eigenvalue weighted by atomic mass is 10.0. The third kappa shape index (κ3) is 3.77. The largest absolute Gasteiger partial charge is 0.399 e. The van der Waals surface area contributed by atoms with Crippen molar-refractivity contribution in [1.82, 2.24) is 4.90 Å². The molecule has 3 heteroatoms. The first-order valence-electron chi connectivity index (χ1n) is 6.17. The SMILES string of the molecule is CCC(CC)C(=O)N(C)Cc1cccc(N)c1. The zero-order chi connectivity index (χ0) is 12.8. The number of nitrogen functional groups attached to an aromatic ring is 1. The zero-order valence-electron chi connectivity index (χ0n) is 10.9. The maximum absolute atomic E-state index is 12.1. The van der Waals surface area contributed by atoms with E-state index in [0.717, 1.165) is 24.1 Å². The first kappa shape index (κ1) is 13.6. The van der Waals surface area contributed by atoms with E-state index in [0.29, 0.717) is 6.54 Å². The van der Waals surface area contributed by atoms with Gasteiger partial charge in [-0.05, 0) is 30.5 Å². The molecule has 0 fully saturated rings. The lowest BCUT2D eigenvalue weighted by Crippen LogP contribution is -2.32. The summed E-state index contributed by atoms with van der Waals surface area (Å²) in [5, 5.41) is 0. The fraction of sp³-hybridized carbons (Fsp3) is 0.500. The summed E-state index contributed by atoms with van der Waals surface area (Å²) < 4.78 is 0. The van der Waals surface area contributed by atoms with E-state index < -0.39 is 0 Å². The van der Waals surface area contributed by atoms with Crippen LogP contribution >= 0.6 is 0 Å². The highest BCUT2D eigenvalue weighted by atomic mass is 16.2. The Morgan fingerprint density at radius 2 is 2.00 bits per heavy atom. The summed E-state index contributed by atoms with van der Waals surface area (Å²) in [7, 11) is 1.85. The Kier molecular flexibility index (Phi) is 5.01. The molecule has 1 rings (SSSR count). The molecule has 0 spiro atoms. The molecular formula is C14H22N2O. The highest BCUT2D eigenvalue weighted by Gasteiger charge is 2.18. The van der Waals surface area contributed by atoms with Crippen molar-refractivity contribution >= 4 is 11.6 Å². The quantitative estimate of drug-likeness (QED) is 0.796. The Labute approximate surface area is 104 Å². The molecule has 0 saturated carbocycles. The van der Waals surface area contributed by atoms with E-state index in [2.05, 4.69) is 13.8 Å². The number of benzene rings is 1. The monoisotopic (exact) mass is 234 g/mol. The van der Waals surface area contributed by atoms with Crippen molar-refractivity contribution in [3.05, 3.63) is 29.8 Å². The second-order valence-electron chi connectivity index (χ2n) is 4.45. The van der Waals surface area contributed by atoms with Gasteiger partial charge in [-0.25, -0.2) is 0 Å². The van der Waals surface area contributed by atoms with Crippen LogP contribution in [0.5, 0.6) is 0 Å². The van der Waals surface area contributed by atoms with E-state index in [9.17, 15) is 4.79 Å². The Balaban J connectivity index is 2.65. The minimum Gasteiger partial charge on any atom is -0.399 e. The highest BCUT2D eigenvalue weighted by molar-refractivity contribution is 5.78. The van der Waals surface area contributed by atoms with Gasteiger partial charge in [0.15, 0.2) is 0 Å². The minimum atomic E-state index is 0.140. The van der Waals surface area contributed by atoms with E-state index in [1.54, 1.807) is 4.90 Å². The smallest absolute Gasteiger partial charge is 0.225 e. The van der Waals surface area contributed by atoms with Crippen LogP contribution in [-0.4, -0.2) is 17.9 Å². The predicted octanol–water partition coefficient (Wildman–Crippen LogP) is 2.66. The maximum Gasteiger partial charge on any atom is 0.225 e. The van der Waals surface area contributed by atoms with Gasteiger partial charge in [0, 0.05) is 25.2 Å². The van der Waals surface area contributed by atoms with Crippen LogP contribution in [0.4, 0.5) is 5.69 Å². The fourth-order valence-corrected chi connectivity index (χ4v) is 1.99. The molecule has 17 heavy (non-hydrogen) atoms. The van der Waals surface area contributed by atoms with Crippen LogP contribution in [0.2, 0.25) is 0 Å². The average molecular weight is 234 g/mol. The molecule has 0 heterocycles. The molecule has 1 aromatic rings. The topological polar surface area (TPSA) is 46.3 Å². The molecule has 94 valence electrons. The van der Waals surface area contributed by atoms with Gasteiger partial charge in [-0.2, -0.15) is 0 Å². The number of hydrogen-bond acceptors (Lipinski definition) is 2. The predicted molar refractivity (Wildman–Crippen MR) is 71.4 cm³/mol. The number of hydrogen-bond donors (Lipinski definition) is 1. The summed E-state index contributed by atoms with van der Waals surface area (Å²) in [6.45, 7) is 4.74. The summed E-state index contributed by atoms with van der Waals surface area (Å²) in [6.07, 6.45) is 1.80.